The summed E-state index contributed by atoms with van der Waals surface area (Å²) in [6, 6.07) is 0.892. The fraction of sp³-hybridized carbons (Fsp3) is 0.889. The highest BCUT2D eigenvalue weighted by Gasteiger charge is 2.24. The van der Waals surface area contributed by atoms with Crippen LogP contribution in [0.25, 0.3) is 0 Å². The molecule has 0 spiro atoms. The summed E-state index contributed by atoms with van der Waals surface area (Å²) in [6.07, 6.45) is 1.71. The molecule has 14 heavy (non-hydrogen) atoms. The predicted molar refractivity (Wildman–Crippen MR) is 59.9 cm³/mol. The zero-order chi connectivity index (χ0) is 10.6. The van der Waals surface area contributed by atoms with Gasteiger partial charge in [-0.2, -0.15) is 11.8 Å². The summed E-state index contributed by atoms with van der Waals surface area (Å²) >= 11 is 1.99. The van der Waals surface area contributed by atoms with Gasteiger partial charge >= 0.3 is 0 Å². The monoisotopic (exact) mass is 217 g/mol. The van der Waals surface area contributed by atoms with Gasteiger partial charge in [-0.25, -0.2) is 5.84 Å². The first-order valence-corrected chi connectivity index (χ1v) is 6.09. The second-order valence-corrected chi connectivity index (χ2v) is 4.95. The summed E-state index contributed by atoms with van der Waals surface area (Å²) in [5.74, 6) is 7.39. The van der Waals surface area contributed by atoms with Crippen LogP contribution in [0.4, 0.5) is 0 Å². The van der Waals surface area contributed by atoms with Gasteiger partial charge in [0.2, 0.25) is 5.91 Å². The quantitative estimate of drug-likeness (QED) is 0.401. The summed E-state index contributed by atoms with van der Waals surface area (Å²) in [5, 5.41) is 0. The number of amides is 1. The number of hydrazine groups is 1. The first-order chi connectivity index (χ1) is 6.65. The van der Waals surface area contributed by atoms with Gasteiger partial charge in [0.25, 0.3) is 0 Å². The van der Waals surface area contributed by atoms with Crippen LogP contribution in [0.2, 0.25) is 0 Å². The number of carbonyl (C=O) groups is 1. The van der Waals surface area contributed by atoms with Gasteiger partial charge in [0, 0.05) is 24.3 Å². The average Bonchev–Trinajstić information content (AvgIpc) is 2.69. The Morgan fingerprint density at radius 3 is 3.00 bits per heavy atom. The first kappa shape index (κ1) is 11.8. The lowest BCUT2D eigenvalue weighted by Crippen LogP contribution is -2.42. The van der Waals surface area contributed by atoms with Crippen molar-refractivity contribution in [3.63, 3.8) is 0 Å². The number of rotatable bonds is 4. The smallest absolute Gasteiger partial charge is 0.235 e. The van der Waals surface area contributed by atoms with Crippen LogP contribution in [0, 0.1) is 0 Å². The standard InChI is InChI=1S/C9H19N3OS/c1-7(5-9(13)11-10)12(2)8-3-4-14-6-8/h7-8H,3-6,10H2,1-2H3,(H,11,13). The number of hydrogen-bond donors (Lipinski definition) is 2. The maximum Gasteiger partial charge on any atom is 0.235 e. The molecule has 0 aromatic carbocycles. The van der Waals surface area contributed by atoms with Crippen molar-refractivity contribution >= 4 is 17.7 Å². The second-order valence-electron chi connectivity index (χ2n) is 3.80. The fourth-order valence-electron chi connectivity index (χ4n) is 1.67. The van der Waals surface area contributed by atoms with Gasteiger partial charge in [0.05, 0.1) is 0 Å². The Balaban J connectivity index is 2.34. The van der Waals surface area contributed by atoms with Crippen molar-refractivity contribution in [2.24, 2.45) is 5.84 Å². The number of nitrogens with one attached hydrogen (secondary N) is 1. The normalized spacial score (nSPS) is 23.9. The summed E-state index contributed by atoms with van der Waals surface area (Å²) in [5.41, 5.74) is 2.17. The molecule has 3 N–H and O–H groups in total. The van der Waals surface area contributed by atoms with Crippen LogP contribution in [-0.2, 0) is 4.79 Å². The number of hydrogen-bond acceptors (Lipinski definition) is 4. The summed E-state index contributed by atoms with van der Waals surface area (Å²) in [6.45, 7) is 2.07. The zero-order valence-corrected chi connectivity index (χ0v) is 9.64. The maximum atomic E-state index is 11.1. The van der Waals surface area contributed by atoms with E-state index in [2.05, 4.69) is 24.3 Å². The Morgan fingerprint density at radius 2 is 2.50 bits per heavy atom. The first-order valence-electron chi connectivity index (χ1n) is 4.94. The molecule has 5 heteroatoms. The molecule has 1 aliphatic heterocycles. The number of nitrogens with two attached hydrogens (primary N) is 1. The number of thioether (sulfide) groups is 1. The Kier molecular flexibility index (Phi) is 4.71. The van der Waals surface area contributed by atoms with Crippen LogP contribution in [0.3, 0.4) is 0 Å². The summed E-state index contributed by atoms with van der Waals surface area (Å²) in [4.78, 5) is 13.4. The largest absolute Gasteiger partial charge is 0.299 e. The molecule has 4 nitrogen and oxygen atoms in total. The molecule has 1 aliphatic rings. The summed E-state index contributed by atoms with van der Waals surface area (Å²) < 4.78 is 0. The number of nitrogens with zero attached hydrogens (tertiary/aromatic N) is 1. The fourth-order valence-corrected chi connectivity index (χ4v) is 2.95. The molecule has 0 aromatic rings. The molecule has 82 valence electrons. The molecule has 0 bridgehead atoms. The topological polar surface area (TPSA) is 58.4 Å². The third kappa shape index (κ3) is 3.15. The van der Waals surface area contributed by atoms with Crippen LogP contribution in [-0.4, -0.2) is 41.4 Å². The molecule has 0 saturated carbocycles. The highest BCUT2D eigenvalue weighted by atomic mass is 32.2. The van der Waals surface area contributed by atoms with E-state index in [0.717, 1.165) is 0 Å². The van der Waals surface area contributed by atoms with E-state index in [4.69, 9.17) is 5.84 Å². The van der Waals surface area contributed by atoms with Crippen molar-refractivity contribution in [2.75, 3.05) is 18.6 Å². The molecular formula is C9H19N3OS. The van der Waals surface area contributed by atoms with Crippen LogP contribution in [0.5, 0.6) is 0 Å². The van der Waals surface area contributed by atoms with Gasteiger partial charge in [-0.1, -0.05) is 0 Å². The van der Waals surface area contributed by atoms with Crippen LogP contribution >= 0.6 is 11.8 Å². The zero-order valence-electron chi connectivity index (χ0n) is 8.82. The van der Waals surface area contributed by atoms with E-state index >= 15 is 0 Å². The Labute approximate surface area is 89.6 Å². The number of carbonyl (C=O) groups excluding carboxylic acids is 1. The Morgan fingerprint density at radius 1 is 1.79 bits per heavy atom. The van der Waals surface area contributed by atoms with Crippen molar-refractivity contribution in [2.45, 2.75) is 31.8 Å². The molecule has 1 amide bonds. The highest BCUT2D eigenvalue weighted by molar-refractivity contribution is 7.99. The Bertz CT molecular complexity index is 194. The second kappa shape index (κ2) is 5.58. The minimum absolute atomic E-state index is 0.0880. The molecule has 1 fully saturated rings. The lowest BCUT2D eigenvalue weighted by atomic mass is 10.1. The van der Waals surface area contributed by atoms with Crippen molar-refractivity contribution in [3.05, 3.63) is 0 Å². The van der Waals surface area contributed by atoms with Crippen LogP contribution in [0.1, 0.15) is 19.8 Å². The molecule has 1 rings (SSSR count). The molecular weight excluding hydrogens is 198 g/mol. The molecule has 1 heterocycles. The van der Waals surface area contributed by atoms with Crippen molar-refractivity contribution in [1.82, 2.24) is 10.3 Å². The van der Waals surface area contributed by atoms with Crippen LogP contribution in [0.15, 0.2) is 0 Å². The minimum atomic E-state index is -0.0880. The van der Waals surface area contributed by atoms with Gasteiger partial charge in [-0.15, -0.1) is 0 Å². The van der Waals surface area contributed by atoms with E-state index in [1.807, 2.05) is 11.8 Å². The van der Waals surface area contributed by atoms with Crippen molar-refractivity contribution < 1.29 is 4.79 Å². The Hall–Kier alpha value is -0.260. The van der Waals surface area contributed by atoms with E-state index in [0.29, 0.717) is 12.5 Å². The van der Waals surface area contributed by atoms with Gasteiger partial charge in [0.1, 0.15) is 0 Å². The molecule has 0 aromatic heterocycles. The molecule has 0 radical (unpaired) electrons. The van der Waals surface area contributed by atoms with Gasteiger partial charge in [0.15, 0.2) is 0 Å². The minimum Gasteiger partial charge on any atom is -0.299 e. The molecule has 0 aliphatic carbocycles. The van der Waals surface area contributed by atoms with E-state index < -0.39 is 0 Å². The lowest BCUT2D eigenvalue weighted by molar-refractivity contribution is -0.122. The predicted octanol–water partition coefficient (Wildman–Crippen LogP) is 0.192. The van der Waals surface area contributed by atoms with Crippen molar-refractivity contribution in [3.8, 4) is 0 Å². The molecule has 2 atom stereocenters. The molecule has 2 unspecified atom stereocenters. The van der Waals surface area contributed by atoms with Gasteiger partial charge < -0.3 is 0 Å². The lowest BCUT2D eigenvalue weighted by Gasteiger charge is -2.29. The van der Waals surface area contributed by atoms with E-state index in [1.54, 1.807) is 0 Å². The SMILES string of the molecule is CC(CC(=O)NN)N(C)C1CCSC1. The van der Waals surface area contributed by atoms with E-state index in [1.165, 1.54) is 17.9 Å². The van der Waals surface area contributed by atoms with Crippen LogP contribution < -0.4 is 11.3 Å². The van der Waals surface area contributed by atoms with Crippen molar-refractivity contribution in [1.29, 1.82) is 0 Å². The maximum absolute atomic E-state index is 11.1. The van der Waals surface area contributed by atoms with Gasteiger partial charge in [-0.3, -0.25) is 15.1 Å². The highest BCUT2D eigenvalue weighted by Crippen LogP contribution is 2.23. The van der Waals surface area contributed by atoms with E-state index in [9.17, 15) is 4.79 Å². The molecule has 1 saturated heterocycles. The van der Waals surface area contributed by atoms with E-state index in [-0.39, 0.29) is 11.9 Å². The summed E-state index contributed by atoms with van der Waals surface area (Å²) in [7, 11) is 2.09. The van der Waals surface area contributed by atoms with Gasteiger partial charge in [-0.05, 0) is 26.1 Å². The third-order valence-electron chi connectivity index (χ3n) is 2.82. The third-order valence-corrected chi connectivity index (χ3v) is 3.96. The average molecular weight is 217 g/mol.